The molecule has 10 nitrogen and oxygen atoms in total. The van der Waals surface area contributed by atoms with Crippen molar-refractivity contribution in [1.82, 2.24) is 23.6 Å². The standard InChI is InChI=1S/C22H26FN5O5S/c1-26-10-15(9-24-26)11-27-19(30)17-8-16(34(32,33)25-22(12-23)6-7-22)2-3-18(17)28(20(27)31)13-21(14-29)4-5-21/h2-3,8-10,25,29H,4-7,11-14H2,1H3. The molecule has 12 heteroatoms. The summed E-state index contributed by atoms with van der Waals surface area (Å²) in [6.07, 6.45) is 5.57. The van der Waals surface area contributed by atoms with E-state index in [-0.39, 0.29) is 30.0 Å². The second-order valence-corrected chi connectivity index (χ2v) is 11.3. The van der Waals surface area contributed by atoms with Gasteiger partial charge in [0.2, 0.25) is 10.0 Å². The van der Waals surface area contributed by atoms with E-state index >= 15 is 0 Å². The third-order valence-electron chi connectivity index (χ3n) is 6.85. The first-order valence-electron chi connectivity index (χ1n) is 11.1. The van der Waals surface area contributed by atoms with E-state index in [1.165, 1.54) is 22.8 Å². The van der Waals surface area contributed by atoms with E-state index in [2.05, 4.69) is 9.82 Å². The van der Waals surface area contributed by atoms with Crippen molar-refractivity contribution >= 4 is 20.9 Å². The van der Waals surface area contributed by atoms with E-state index in [0.29, 0.717) is 23.9 Å². The van der Waals surface area contributed by atoms with Crippen LogP contribution in [0.5, 0.6) is 0 Å². The van der Waals surface area contributed by atoms with Gasteiger partial charge in [-0.2, -0.15) is 5.10 Å². The van der Waals surface area contributed by atoms with Gasteiger partial charge in [-0.15, -0.1) is 0 Å². The number of aromatic nitrogens is 4. The van der Waals surface area contributed by atoms with Gasteiger partial charge >= 0.3 is 5.69 Å². The molecule has 0 radical (unpaired) electrons. The van der Waals surface area contributed by atoms with Gasteiger partial charge in [0.15, 0.2) is 0 Å². The molecule has 5 rings (SSSR count). The van der Waals surface area contributed by atoms with Crippen LogP contribution in [0, 0.1) is 5.41 Å². The van der Waals surface area contributed by atoms with Crippen LogP contribution in [0.15, 0.2) is 45.1 Å². The summed E-state index contributed by atoms with van der Waals surface area (Å²) in [6, 6.07) is 3.99. The quantitative estimate of drug-likeness (QED) is 0.449. The number of aliphatic hydroxyl groups excluding tert-OH is 1. The van der Waals surface area contributed by atoms with Gasteiger partial charge < -0.3 is 5.11 Å². The van der Waals surface area contributed by atoms with Gasteiger partial charge in [0.25, 0.3) is 5.56 Å². The highest BCUT2D eigenvalue weighted by atomic mass is 32.2. The Hall–Kier alpha value is -2.83. The highest BCUT2D eigenvalue weighted by Gasteiger charge is 2.46. The lowest BCUT2D eigenvalue weighted by molar-refractivity contribution is 0.194. The predicted octanol–water partition coefficient (Wildman–Crippen LogP) is 0.498. The van der Waals surface area contributed by atoms with Gasteiger partial charge in [-0.3, -0.25) is 18.6 Å². The topological polar surface area (TPSA) is 128 Å². The van der Waals surface area contributed by atoms with Crippen molar-refractivity contribution in [3.8, 4) is 0 Å². The Morgan fingerprint density at radius 1 is 1.18 bits per heavy atom. The first-order valence-corrected chi connectivity index (χ1v) is 12.6. The molecule has 182 valence electrons. The SMILES string of the molecule is Cn1cc(Cn2c(=O)c3cc(S(=O)(=O)NC4(CF)CC4)ccc3n(CC3(CO)CC3)c2=O)cn1. The molecule has 0 bridgehead atoms. The van der Waals surface area contributed by atoms with Crippen LogP contribution in [-0.2, 0) is 30.2 Å². The normalized spacial score (nSPS) is 18.3. The number of aryl methyl sites for hydroxylation is 1. The van der Waals surface area contributed by atoms with Crippen LogP contribution in [0.1, 0.15) is 31.2 Å². The number of rotatable bonds is 9. The minimum atomic E-state index is -4.07. The van der Waals surface area contributed by atoms with Crippen LogP contribution in [0.2, 0.25) is 0 Å². The molecule has 0 saturated heterocycles. The van der Waals surface area contributed by atoms with E-state index < -0.39 is 38.9 Å². The Balaban J connectivity index is 1.66. The monoisotopic (exact) mass is 491 g/mol. The molecule has 0 aliphatic heterocycles. The number of nitrogens with zero attached hydrogens (tertiary/aromatic N) is 4. The highest BCUT2D eigenvalue weighted by Crippen LogP contribution is 2.46. The van der Waals surface area contributed by atoms with Gasteiger partial charge in [-0.1, -0.05) is 0 Å². The molecule has 2 N–H and O–H groups in total. The average Bonchev–Trinajstić information content (AvgIpc) is 3.73. The molecule has 34 heavy (non-hydrogen) atoms. The van der Waals surface area contributed by atoms with Crippen LogP contribution in [-0.4, -0.2) is 51.3 Å². The van der Waals surface area contributed by atoms with Crippen LogP contribution in [0.25, 0.3) is 10.9 Å². The van der Waals surface area contributed by atoms with Crippen molar-refractivity contribution < 1.29 is 17.9 Å². The molecule has 0 unspecified atom stereocenters. The molecule has 2 fully saturated rings. The Morgan fingerprint density at radius 3 is 2.47 bits per heavy atom. The Kier molecular flexibility index (Phi) is 5.30. The first-order chi connectivity index (χ1) is 16.1. The zero-order chi connectivity index (χ0) is 24.3. The lowest BCUT2D eigenvalue weighted by Crippen LogP contribution is -2.42. The van der Waals surface area contributed by atoms with Gasteiger partial charge in [0, 0.05) is 30.8 Å². The van der Waals surface area contributed by atoms with Crippen LogP contribution >= 0.6 is 0 Å². The number of alkyl halides is 1. The van der Waals surface area contributed by atoms with E-state index in [0.717, 1.165) is 17.4 Å². The summed E-state index contributed by atoms with van der Waals surface area (Å²) in [5.41, 5.74) is -1.74. The first kappa shape index (κ1) is 22.9. The third kappa shape index (κ3) is 3.99. The molecule has 0 spiro atoms. The fourth-order valence-electron chi connectivity index (χ4n) is 4.23. The molecule has 0 atom stereocenters. The Morgan fingerprint density at radius 2 is 1.91 bits per heavy atom. The minimum absolute atomic E-state index is 0.0340. The van der Waals surface area contributed by atoms with E-state index in [1.54, 1.807) is 24.1 Å². The maximum Gasteiger partial charge on any atom is 0.331 e. The summed E-state index contributed by atoms with van der Waals surface area (Å²) in [5, 5.41) is 14.0. The fourth-order valence-corrected chi connectivity index (χ4v) is 5.70. The Bertz CT molecular complexity index is 1500. The number of hydrogen-bond acceptors (Lipinski definition) is 6. The molecule has 2 heterocycles. The lowest BCUT2D eigenvalue weighted by Gasteiger charge is -2.19. The molecule has 2 aliphatic rings. The molecule has 1 aromatic carbocycles. The van der Waals surface area contributed by atoms with Crippen molar-refractivity contribution in [2.45, 2.75) is 49.2 Å². The number of sulfonamides is 1. The number of hydrogen-bond donors (Lipinski definition) is 2. The fraction of sp³-hybridized carbons (Fsp3) is 0.500. The number of benzene rings is 1. The summed E-state index contributed by atoms with van der Waals surface area (Å²) in [5.74, 6) is 0. The summed E-state index contributed by atoms with van der Waals surface area (Å²) < 4.78 is 45.6. The average molecular weight is 492 g/mol. The largest absolute Gasteiger partial charge is 0.396 e. The maximum absolute atomic E-state index is 13.4. The third-order valence-corrected chi connectivity index (χ3v) is 8.43. The highest BCUT2D eigenvalue weighted by molar-refractivity contribution is 7.89. The Labute approximate surface area is 194 Å². The summed E-state index contributed by atoms with van der Waals surface area (Å²) >= 11 is 0. The number of nitrogens with one attached hydrogen (secondary N) is 1. The number of halogens is 1. The second kappa shape index (κ2) is 7.85. The van der Waals surface area contributed by atoms with E-state index in [1.807, 2.05) is 0 Å². The smallest absolute Gasteiger partial charge is 0.331 e. The lowest BCUT2D eigenvalue weighted by atomic mass is 10.1. The molecule has 2 saturated carbocycles. The van der Waals surface area contributed by atoms with E-state index in [4.69, 9.17) is 0 Å². The summed E-state index contributed by atoms with van der Waals surface area (Å²) in [4.78, 5) is 26.6. The minimum Gasteiger partial charge on any atom is -0.396 e. The van der Waals surface area contributed by atoms with Crippen molar-refractivity contribution in [3.63, 3.8) is 0 Å². The summed E-state index contributed by atoms with van der Waals surface area (Å²) in [7, 11) is -2.35. The molecule has 2 aliphatic carbocycles. The molecule has 2 aromatic heterocycles. The molecule has 0 amide bonds. The van der Waals surface area contributed by atoms with Crippen LogP contribution in [0.3, 0.4) is 0 Å². The van der Waals surface area contributed by atoms with Crippen molar-refractivity contribution in [3.05, 3.63) is 57.0 Å². The zero-order valence-corrected chi connectivity index (χ0v) is 19.5. The zero-order valence-electron chi connectivity index (χ0n) is 18.7. The molecular formula is C22H26FN5O5S. The van der Waals surface area contributed by atoms with Gasteiger partial charge in [-0.05, 0) is 43.9 Å². The van der Waals surface area contributed by atoms with Gasteiger partial charge in [0.05, 0.1) is 40.7 Å². The van der Waals surface area contributed by atoms with Crippen LogP contribution < -0.4 is 16.0 Å². The molecular weight excluding hydrogens is 465 g/mol. The molecule has 3 aromatic rings. The van der Waals surface area contributed by atoms with Gasteiger partial charge in [0.1, 0.15) is 6.67 Å². The van der Waals surface area contributed by atoms with Crippen LogP contribution in [0.4, 0.5) is 4.39 Å². The van der Waals surface area contributed by atoms with Crippen molar-refractivity contribution in [2.24, 2.45) is 12.5 Å². The maximum atomic E-state index is 13.4. The van der Waals surface area contributed by atoms with Crippen molar-refractivity contribution in [1.29, 1.82) is 0 Å². The summed E-state index contributed by atoms with van der Waals surface area (Å²) in [6.45, 7) is -0.722. The predicted molar refractivity (Wildman–Crippen MR) is 122 cm³/mol. The number of aliphatic hydroxyl groups is 1. The number of fused-ring (bicyclic) bond motifs is 1. The second-order valence-electron chi connectivity index (χ2n) is 9.64. The van der Waals surface area contributed by atoms with E-state index in [9.17, 15) is 27.5 Å². The van der Waals surface area contributed by atoms with Gasteiger partial charge in [-0.25, -0.2) is 22.3 Å². The van der Waals surface area contributed by atoms with Crippen molar-refractivity contribution in [2.75, 3.05) is 13.3 Å².